The van der Waals surface area contributed by atoms with Crippen LogP contribution in [0.25, 0.3) is 11.2 Å². The number of nitrogens with two attached hydrogens (primary N) is 1. The largest absolute Gasteiger partial charge is 0.381 e. The van der Waals surface area contributed by atoms with Gasteiger partial charge < -0.3 is 29.6 Å². The fraction of sp³-hybridized carbons (Fsp3) is 0.444. The van der Waals surface area contributed by atoms with Gasteiger partial charge in [-0.3, -0.25) is 14.3 Å². The molecule has 0 spiro atoms. The average Bonchev–Trinajstić information content (AvgIpc) is 2.97. The smallest absolute Gasteiger partial charge is 0.369 e. The Morgan fingerprint density at radius 1 is 1.57 bits per heavy atom. The van der Waals surface area contributed by atoms with Crippen molar-refractivity contribution >= 4 is 24.7 Å². The van der Waals surface area contributed by atoms with Crippen molar-refractivity contribution in [3.05, 3.63) is 16.7 Å². The van der Waals surface area contributed by atoms with Crippen molar-refractivity contribution < 1.29 is 23.8 Å². The van der Waals surface area contributed by atoms with Crippen LogP contribution in [0, 0.1) is 0 Å². The van der Waals surface area contributed by atoms with Crippen molar-refractivity contribution in [3.63, 3.8) is 0 Å². The molecule has 2 aromatic heterocycles. The van der Waals surface area contributed by atoms with Gasteiger partial charge in [0.2, 0.25) is 5.95 Å². The van der Waals surface area contributed by atoms with Crippen LogP contribution in [0.3, 0.4) is 0 Å². The zero-order valence-corrected chi connectivity index (χ0v) is 11.4. The van der Waals surface area contributed by atoms with Gasteiger partial charge in [0.1, 0.15) is 6.10 Å². The van der Waals surface area contributed by atoms with Gasteiger partial charge in [0, 0.05) is 0 Å². The molecule has 3 rings (SSSR count). The maximum atomic E-state index is 11.6. The van der Waals surface area contributed by atoms with Gasteiger partial charge in [-0.2, -0.15) is 4.98 Å². The van der Waals surface area contributed by atoms with Crippen molar-refractivity contribution in [1.29, 1.82) is 0 Å². The molecule has 2 atom stereocenters. The quantitative estimate of drug-likeness (QED) is 0.497. The standard InChI is InChI=1S/C9H12N5O6P/c10-8-12-6-5(7(15)13-8)11-3-14(6)1-4-2-19-9(20-4)21(16,17)18/h3-4,9H,1-2H2,(H2,16,17,18)(H3,10,12,13,15)/t4-,9-/m1/s1. The Morgan fingerprint density at radius 3 is 3.00 bits per heavy atom. The van der Waals surface area contributed by atoms with E-state index in [-0.39, 0.29) is 30.3 Å². The summed E-state index contributed by atoms with van der Waals surface area (Å²) in [5.74, 6) is -0.0501. The van der Waals surface area contributed by atoms with E-state index in [0.29, 0.717) is 0 Å². The summed E-state index contributed by atoms with van der Waals surface area (Å²) in [6.07, 6.45) is 0.780. The number of ether oxygens (including phenoxy) is 2. The lowest BCUT2D eigenvalue weighted by atomic mass is 10.4. The Labute approximate surface area is 116 Å². The summed E-state index contributed by atoms with van der Waals surface area (Å²) in [4.78, 5) is 39.8. The number of fused-ring (bicyclic) bond motifs is 1. The summed E-state index contributed by atoms with van der Waals surface area (Å²) in [7, 11) is -4.46. The van der Waals surface area contributed by atoms with E-state index in [1.165, 1.54) is 10.9 Å². The molecule has 3 heterocycles. The lowest BCUT2D eigenvalue weighted by molar-refractivity contribution is -0.0146. The molecule has 0 amide bonds. The SMILES string of the molecule is Nc1nc2c(ncn2C[C@@H]2CO[C@@H](P(=O)(O)O)O2)c(=O)[nH]1. The fourth-order valence-corrected chi connectivity index (χ4v) is 2.64. The molecule has 0 bridgehead atoms. The summed E-state index contributed by atoms with van der Waals surface area (Å²) < 4.78 is 22.6. The predicted molar refractivity (Wildman–Crippen MR) is 69.2 cm³/mol. The van der Waals surface area contributed by atoms with Crippen molar-refractivity contribution in [2.24, 2.45) is 0 Å². The zero-order valence-electron chi connectivity index (χ0n) is 10.5. The first-order valence-electron chi connectivity index (χ1n) is 5.87. The maximum absolute atomic E-state index is 11.6. The molecule has 1 fully saturated rings. The minimum atomic E-state index is -4.46. The molecule has 0 aromatic carbocycles. The van der Waals surface area contributed by atoms with Gasteiger partial charge in [0.25, 0.3) is 11.6 Å². The second-order valence-electron chi connectivity index (χ2n) is 4.51. The third-order valence-corrected chi connectivity index (χ3v) is 3.72. The number of hydrogen-bond donors (Lipinski definition) is 4. The lowest BCUT2D eigenvalue weighted by Gasteiger charge is -2.12. The van der Waals surface area contributed by atoms with Crippen LogP contribution in [0.15, 0.2) is 11.1 Å². The van der Waals surface area contributed by atoms with Gasteiger partial charge in [-0.1, -0.05) is 0 Å². The fourth-order valence-electron chi connectivity index (χ4n) is 2.03. The molecule has 0 saturated carbocycles. The number of aromatic nitrogens is 4. The van der Waals surface area contributed by atoms with Crippen LogP contribution in [0.5, 0.6) is 0 Å². The van der Waals surface area contributed by atoms with Crippen molar-refractivity contribution in [2.45, 2.75) is 18.7 Å². The van der Waals surface area contributed by atoms with Crippen LogP contribution < -0.4 is 11.3 Å². The first kappa shape index (κ1) is 14.2. The van der Waals surface area contributed by atoms with E-state index >= 15 is 0 Å². The Balaban J connectivity index is 1.84. The number of nitrogens with one attached hydrogen (secondary N) is 1. The number of aromatic amines is 1. The molecule has 21 heavy (non-hydrogen) atoms. The summed E-state index contributed by atoms with van der Waals surface area (Å²) in [5, 5.41) is 0. The Kier molecular flexibility index (Phi) is 3.30. The number of H-pyrrole nitrogens is 1. The Morgan fingerprint density at radius 2 is 2.33 bits per heavy atom. The molecule has 0 unspecified atom stereocenters. The monoisotopic (exact) mass is 317 g/mol. The first-order valence-corrected chi connectivity index (χ1v) is 7.55. The number of nitrogen functional groups attached to an aromatic ring is 1. The van der Waals surface area contributed by atoms with Crippen molar-refractivity contribution in [2.75, 3.05) is 12.3 Å². The third kappa shape index (κ3) is 2.69. The van der Waals surface area contributed by atoms with E-state index in [2.05, 4.69) is 15.0 Å². The second kappa shape index (κ2) is 4.90. The van der Waals surface area contributed by atoms with Crippen molar-refractivity contribution in [3.8, 4) is 0 Å². The van der Waals surface area contributed by atoms with E-state index < -0.39 is 25.3 Å². The Hall–Kier alpha value is -1.78. The maximum Gasteiger partial charge on any atom is 0.381 e. The van der Waals surface area contributed by atoms with Crippen LogP contribution in [0.2, 0.25) is 0 Å². The zero-order chi connectivity index (χ0) is 15.2. The van der Waals surface area contributed by atoms with E-state index in [1.807, 2.05) is 0 Å². The van der Waals surface area contributed by atoms with E-state index in [9.17, 15) is 9.36 Å². The van der Waals surface area contributed by atoms with E-state index in [4.69, 9.17) is 25.0 Å². The highest BCUT2D eigenvalue weighted by Crippen LogP contribution is 2.45. The van der Waals surface area contributed by atoms with Gasteiger partial charge in [0.15, 0.2) is 11.2 Å². The third-order valence-electron chi connectivity index (χ3n) is 2.90. The Bertz CT molecular complexity index is 781. The van der Waals surface area contributed by atoms with Crippen LogP contribution in [0.4, 0.5) is 5.95 Å². The molecule has 114 valence electrons. The van der Waals surface area contributed by atoms with E-state index in [1.54, 1.807) is 0 Å². The van der Waals surface area contributed by atoms with E-state index in [0.717, 1.165) is 0 Å². The number of rotatable bonds is 3. The molecule has 12 heteroatoms. The minimum Gasteiger partial charge on any atom is -0.369 e. The summed E-state index contributed by atoms with van der Waals surface area (Å²) in [6.45, 7) is 0.178. The molecule has 1 aliphatic rings. The molecule has 11 nitrogen and oxygen atoms in total. The normalized spacial score (nSPS) is 23.0. The molecular weight excluding hydrogens is 305 g/mol. The van der Waals surface area contributed by atoms with Gasteiger partial charge in [-0.15, -0.1) is 0 Å². The van der Waals surface area contributed by atoms with Gasteiger partial charge in [-0.05, 0) is 0 Å². The lowest BCUT2D eigenvalue weighted by Crippen LogP contribution is -2.20. The van der Waals surface area contributed by atoms with Gasteiger partial charge in [-0.25, -0.2) is 4.98 Å². The average molecular weight is 317 g/mol. The van der Waals surface area contributed by atoms with Crippen LogP contribution in [-0.2, 0) is 20.6 Å². The molecule has 1 saturated heterocycles. The number of imidazole rings is 1. The number of hydrogen-bond acceptors (Lipinski definition) is 7. The van der Waals surface area contributed by atoms with Crippen molar-refractivity contribution in [1.82, 2.24) is 19.5 Å². The second-order valence-corrected chi connectivity index (χ2v) is 6.11. The van der Waals surface area contributed by atoms with Crippen LogP contribution >= 0.6 is 7.60 Å². The summed E-state index contributed by atoms with van der Waals surface area (Å²) in [6, 6.07) is -1.57. The predicted octanol–water partition coefficient (Wildman–Crippen LogP) is -1.42. The highest BCUT2D eigenvalue weighted by atomic mass is 31.2. The molecule has 5 N–H and O–H groups in total. The van der Waals surface area contributed by atoms with Crippen LogP contribution in [0.1, 0.15) is 0 Å². The topological polar surface area (TPSA) is 166 Å². The van der Waals surface area contributed by atoms with Gasteiger partial charge >= 0.3 is 7.60 Å². The molecular formula is C9H12N5O6P. The number of nitrogens with zero attached hydrogens (tertiary/aromatic N) is 3. The van der Waals surface area contributed by atoms with Crippen LogP contribution in [-0.4, -0.2) is 48.0 Å². The van der Waals surface area contributed by atoms with Gasteiger partial charge in [0.05, 0.1) is 19.5 Å². The molecule has 0 radical (unpaired) electrons. The molecule has 2 aromatic rings. The number of anilines is 1. The minimum absolute atomic E-state index is 0.00806. The summed E-state index contributed by atoms with van der Waals surface area (Å²) in [5.41, 5.74) is 5.39. The summed E-state index contributed by atoms with van der Waals surface area (Å²) >= 11 is 0. The molecule has 1 aliphatic heterocycles. The first-order chi connectivity index (χ1) is 9.84. The molecule has 0 aliphatic carbocycles. The highest BCUT2D eigenvalue weighted by molar-refractivity contribution is 7.52. The highest BCUT2D eigenvalue weighted by Gasteiger charge is 2.39.